The predicted octanol–water partition coefficient (Wildman–Crippen LogP) is 3.21. The quantitative estimate of drug-likeness (QED) is 0.661. The standard InChI is InChI=1S/C24H21N3O3/c28-22-11-10-21(23(29)26-22)27-14-17-12-18(8-9-20(17)24(27)30)25-13-16-6-3-5-15-4-1-2-7-19(15)16/h1-9,12,21,25H,10-11,13-14H2,(H,26,28,29). The molecule has 0 radical (unpaired) electrons. The Labute approximate surface area is 173 Å². The lowest BCUT2D eigenvalue weighted by Crippen LogP contribution is -2.52. The lowest BCUT2D eigenvalue weighted by atomic mass is 10.0. The van der Waals surface area contributed by atoms with Crippen LogP contribution in [0.3, 0.4) is 0 Å². The van der Waals surface area contributed by atoms with Gasteiger partial charge in [0.2, 0.25) is 11.8 Å². The molecule has 30 heavy (non-hydrogen) atoms. The first-order chi connectivity index (χ1) is 14.6. The zero-order valence-electron chi connectivity index (χ0n) is 16.4. The minimum absolute atomic E-state index is 0.153. The Hall–Kier alpha value is -3.67. The zero-order chi connectivity index (χ0) is 20.7. The molecule has 1 atom stereocenters. The number of hydrogen-bond donors (Lipinski definition) is 2. The third-order valence-electron chi connectivity index (χ3n) is 5.89. The number of fused-ring (bicyclic) bond motifs is 2. The van der Waals surface area contributed by atoms with Crippen LogP contribution in [0.2, 0.25) is 0 Å². The maximum absolute atomic E-state index is 12.8. The highest BCUT2D eigenvalue weighted by Gasteiger charge is 2.39. The number of amides is 3. The number of carbonyl (C=O) groups excluding carboxylic acids is 3. The molecule has 5 rings (SSSR count). The summed E-state index contributed by atoms with van der Waals surface area (Å²) in [5.41, 5.74) is 3.65. The van der Waals surface area contributed by atoms with Crippen LogP contribution in [0.5, 0.6) is 0 Å². The van der Waals surface area contributed by atoms with Crippen LogP contribution in [0.4, 0.5) is 5.69 Å². The number of nitrogens with zero attached hydrogens (tertiary/aromatic N) is 1. The Morgan fingerprint density at radius 2 is 1.83 bits per heavy atom. The third-order valence-corrected chi connectivity index (χ3v) is 5.89. The fraction of sp³-hybridized carbons (Fsp3) is 0.208. The number of anilines is 1. The second kappa shape index (κ2) is 7.30. The maximum Gasteiger partial charge on any atom is 0.255 e. The molecule has 150 valence electrons. The van der Waals surface area contributed by atoms with Gasteiger partial charge in [-0.25, -0.2) is 0 Å². The van der Waals surface area contributed by atoms with Crippen LogP contribution < -0.4 is 10.6 Å². The van der Waals surface area contributed by atoms with E-state index < -0.39 is 6.04 Å². The Morgan fingerprint density at radius 1 is 1.00 bits per heavy atom. The van der Waals surface area contributed by atoms with Crippen molar-refractivity contribution in [1.82, 2.24) is 10.2 Å². The van der Waals surface area contributed by atoms with Gasteiger partial charge in [0.25, 0.3) is 5.91 Å². The molecule has 1 unspecified atom stereocenters. The van der Waals surface area contributed by atoms with Crippen LogP contribution >= 0.6 is 0 Å². The van der Waals surface area contributed by atoms with Crippen LogP contribution in [-0.4, -0.2) is 28.7 Å². The summed E-state index contributed by atoms with van der Waals surface area (Å²) in [6, 6.07) is 19.7. The number of rotatable bonds is 4. The smallest absolute Gasteiger partial charge is 0.255 e. The Kier molecular flexibility index (Phi) is 4.47. The molecule has 0 aromatic heterocycles. The molecule has 0 aliphatic carbocycles. The third kappa shape index (κ3) is 3.20. The molecule has 0 saturated carbocycles. The molecule has 2 aliphatic heterocycles. The number of nitrogens with one attached hydrogen (secondary N) is 2. The lowest BCUT2D eigenvalue weighted by Gasteiger charge is -2.29. The topological polar surface area (TPSA) is 78.5 Å². The van der Waals surface area contributed by atoms with Crippen molar-refractivity contribution in [3.63, 3.8) is 0 Å². The van der Waals surface area contributed by atoms with Gasteiger partial charge in [0.1, 0.15) is 6.04 Å². The van der Waals surface area contributed by atoms with E-state index in [0.29, 0.717) is 25.1 Å². The van der Waals surface area contributed by atoms with Gasteiger partial charge in [0.05, 0.1) is 0 Å². The summed E-state index contributed by atoms with van der Waals surface area (Å²) in [6.07, 6.45) is 0.630. The highest BCUT2D eigenvalue weighted by Crippen LogP contribution is 2.30. The predicted molar refractivity (Wildman–Crippen MR) is 114 cm³/mol. The molecule has 6 heteroatoms. The summed E-state index contributed by atoms with van der Waals surface area (Å²) in [6.45, 7) is 1.05. The van der Waals surface area contributed by atoms with E-state index in [2.05, 4.69) is 41.0 Å². The van der Waals surface area contributed by atoms with Crippen molar-refractivity contribution < 1.29 is 14.4 Å². The minimum Gasteiger partial charge on any atom is -0.381 e. The molecule has 3 aromatic carbocycles. The number of imide groups is 1. The highest BCUT2D eigenvalue weighted by atomic mass is 16.2. The minimum atomic E-state index is -0.588. The van der Waals surface area contributed by atoms with Crippen molar-refractivity contribution >= 4 is 34.2 Å². The van der Waals surface area contributed by atoms with Crippen molar-refractivity contribution in [2.45, 2.75) is 32.0 Å². The van der Waals surface area contributed by atoms with Gasteiger partial charge >= 0.3 is 0 Å². The summed E-state index contributed by atoms with van der Waals surface area (Å²) in [5.74, 6) is -0.817. The summed E-state index contributed by atoms with van der Waals surface area (Å²) in [4.78, 5) is 38.0. The number of piperidine rings is 1. The fourth-order valence-electron chi connectivity index (χ4n) is 4.33. The van der Waals surface area contributed by atoms with Gasteiger partial charge in [-0.1, -0.05) is 42.5 Å². The van der Waals surface area contributed by atoms with Crippen LogP contribution in [0.1, 0.15) is 34.3 Å². The van der Waals surface area contributed by atoms with Crippen LogP contribution in [0.15, 0.2) is 60.7 Å². The monoisotopic (exact) mass is 399 g/mol. The van der Waals surface area contributed by atoms with Crippen molar-refractivity contribution in [3.8, 4) is 0 Å². The normalized spacial score (nSPS) is 18.5. The van der Waals surface area contributed by atoms with Gasteiger partial charge in [-0.3, -0.25) is 19.7 Å². The summed E-state index contributed by atoms with van der Waals surface area (Å²) < 4.78 is 0. The lowest BCUT2D eigenvalue weighted by molar-refractivity contribution is -0.136. The van der Waals surface area contributed by atoms with Crippen molar-refractivity contribution in [2.75, 3.05) is 5.32 Å². The first-order valence-corrected chi connectivity index (χ1v) is 10.1. The van der Waals surface area contributed by atoms with Crippen LogP contribution in [-0.2, 0) is 22.7 Å². The Balaban J connectivity index is 1.33. The van der Waals surface area contributed by atoms with Gasteiger partial charge < -0.3 is 10.2 Å². The van der Waals surface area contributed by atoms with E-state index in [0.717, 1.165) is 11.3 Å². The molecule has 2 heterocycles. The van der Waals surface area contributed by atoms with Gasteiger partial charge in [-0.2, -0.15) is 0 Å². The van der Waals surface area contributed by atoms with Crippen LogP contribution in [0.25, 0.3) is 10.8 Å². The van der Waals surface area contributed by atoms with Crippen molar-refractivity contribution in [3.05, 3.63) is 77.4 Å². The van der Waals surface area contributed by atoms with Gasteiger partial charge in [0.15, 0.2) is 0 Å². The van der Waals surface area contributed by atoms with Gasteiger partial charge in [0, 0.05) is 30.8 Å². The van der Waals surface area contributed by atoms with E-state index in [9.17, 15) is 14.4 Å². The summed E-state index contributed by atoms with van der Waals surface area (Å²) in [5, 5.41) is 8.21. The number of carbonyl (C=O) groups is 3. The average Bonchev–Trinajstić information content (AvgIpc) is 3.08. The molecule has 3 aromatic rings. The van der Waals surface area contributed by atoms with E-state index in [1.807, 2.05) is 30.3 Å². The average molecular weight is 399 g/mol. The molecular weight excluding hydrogens is 378 g/mol. The maximum atomic E-state index is 12.8. The SMILES string of the molecule is O=C1CCC(N2Cc3cc(NCc4cccc5ccccc45)ccc3C2=O)C(=O)N1. The highest BCUT2D eigenvalue weighted by molar-refractivity contribution is 6.05. The largest absolute Gasteiger partial charge is 0.381 e. The Morgan fingerprint density at radius 3 is 2.70 bits per heavy atom. The van der Waals surface area contributed by atoms with E-state index in [-0.39, 0.29) is 24.1 Å². The zero-order valence-corrected chi connectivity index (χ0v) is 16.4. The number of benzene rings is 3. The second-order valence-electron chi connectivity index (χ2n) is 7.76. The second-order valence-corrected chi connectivity index (χ2v) is 7.76. The molecule has 2 N–H and O–H groups in total. The molecular formula is C24H21N3O3. The van der Waals surface area contributed by atoms with Gasteiger partial charge in [-0.05, 0) is 46.5 Å². The molecule has 3 amide bonds. The molecule has 0 bridgehead atoms. The molecule has 6 nitrogen and oxygen atoms in total. The number of hydrogen-bond acceptors (Lipinski definition) is 4. The van der Waals surface area contributed by atoms with E-state index in [4.69, 9.17) is 0 Å². The fourth-order valence-corrected chi connectivity index (χ4v) is 4.33. The van der Waals surface area contributed by atoms with Crippen molar-refractivity contribution in [2.24, 2.45) is 0 Å². The molecule has 1 fully saturated rings. The van der Waals surface area contributed by atoms with E-state index in [1.54, 1.807) is 4.90 Å². The summed E-state index contributed by atoms with van der Waals surface area (Å²) in [7, 11) is 0. The molecule has 1 saturated heterocycles. The van der Waals surface area contributed by atoms with Gasteiger partial charge in [-0.15, -0.1) is 0 Å². The molecule has 2 aliphatic rings. The Bertz CT molecular complexity index is 1180. The van der Waals surface area contributed by atoms with E-state index >= 15 is 0 Å². The molecule has 0 spiro atoms. The van der Waals surface area contributed by atoms with Crippen LogP contribution in [0, 0.1) is 0 Å². The summed E-state index contributed by atoms with van der Waals surface area (Å²) >= 11 is 0. The van der Waals surface area contributed by atoms with E-state index in [1.165, 1.54) is 16.3 Å². The first kappa shape index (κ1) is 18.4. The van der Waals surface area contributed by atoms with Crippen molar-refractivity contribution in [1.29, 1.82) is 0 Å². The first-order valence-electron chi connectivity index (χ1n) is 10.1.